The van der Waals surface area contributed by atoms with Crippen molar-refractivity contribution >= 4 is 35.4 Å². The van der Waals surface area contributed by atoms with E-state index in [9.17, 15) is 14.7 Å². The minimum absolute atomic E-state index is 0.0361. The zero-order valence-corrected chi connectivity index (χ0v) is 12.5. The predicted molar refractivity (Wildman–Crippen MR) is 75.2 cm³/mol. The molecule has 0 aliphatic carbocycles. The van der Waals surface area contributed by atoms with Gasteiger partial charge in [0.15, 0.2) is 0 Å². The molecule has 1 aromatic heterocycles. The summed E-state index contributed by atoms with van der Waals surface area (Å²) in [5.41, 5.74) is 6.41. The number of hydrogen-bond donors (Lipinski definition) is 3. The van der Waals surface area contributed by atoms with Gasteiger partial charge in [0, 0.05) is 11.0 Å². The van der Waals surface area contributed by atoms with Gasteiger partial charge in [0.05, 0.1) is 0 Å². The molecule has 1 amide bonds. The van der Waals surface area contributed by atoms with Crippen LogP contribution in [0.1, 0.15) is 6.92 Å². The summed E-state index contributed by atoms with van der Waals surface area (Å²) >= 11 is 2.76. The summed E-state index contributed by atoms with van der Waals surface area (Å²) in [4.78, 5) is 24.7. The number of carbonyl (C=O) groups excluding carboxylic acids is 1. The van der Waals surface area contributed by atoms with E-state index in [2.05, 4.69) is 20.6 Å². The number of carboxylic acid groups (broad SMARTS) is 1. The van der Waals surface area contributed by atoms with E-state index in [4.69, 9.17) is 5.73 Å². The molecule has 0 radical (unpaired) electrons. The number of nitrogens with zero attached hydrogens (tertiary/aromatic N) is 4. The molecule has 112 valence electrons. The van der Waals surface area contributed by atoms with E-state index in [-0.39, 0.29) is 22.2 Å². The van der Waals surface area contributed by atoms with E-state index >= 15 is 0 Å². The van der Waals surface area contributed by atoms with Crippen LogP contribution in [0.15, 0.2) is 16.4 Å². The number of β-lactam (4-membered cyclic amide) rings is 1. The number of carboxylic acids is 1. The highest BCUT2D eigenvalue weighted by molar-refractivity contribution is 8.01. The SMILES string of the molecule is C[C@@H](Sc1nn[nH]n1)C1=C(C(=O)O)N2C(=O)[C@H](N)[C@@H]2SC1. The first-order valence-corrected chi connectivity index (χ1v) is 8.00. The highest BCUT2D eigenvalue weighted by Gasteiger charge is 2.52. The maximum atomic E-state index is 11.8. The lowest BCUT2D eigenvalue weighted by Crippen LogP contribution is -2.68. The van der Waals surface area contributed by atoms with Gasteiger partial charge in [0.25, 0.3) is 0 Å². The van der Waals surface area contributed by atoms with Crippen molar-refractivity contribution in [2.24, 2.45) is 5.73 Å². The predicted octanol–water partition coefficient (Wildman–Crippen LogP) is -0.739. The second-order valence-corrected chi connectivity index (χ2v) is 6.98. The highest BCUT2D eigenvalue weighted by Crippen LogP contribution is 2.42. The van der Waals surface area contributed by atoms with Gasteiger partial charge in [-0.15, -0.1) is 22.0 Å². The van der Waals surface area contributed by atoms with Gasteiger partial charge in [0.1, 0.15) is 17.1 Å². The fourth-order valence-corrected chi connectivity index (χ4v) is 4.64. The number of H-pyrrole nitrogens is 1. The summed E-state index contributed by atoms with van der Waals surface area (Å²) in [5.74, 6) is -0.953. The average molecular weight is 328 g/mol. The van der Waals surface area contributed by atoms with Crippen molar-refractivity contribution in [2.75, 3.05) is 5.75 Å². The molecular formula is C10H12N6O3S2. The first kappa shape index (κ1) is 14.4. The normalized spacial score (nSPS) is 26.4. The topological polar surface area (TPSA) is 138 Å². The molecule has 1 fully saturated rings. The van der Waals surface area contributed by atoms with E-state index in [1.54, 1.807) is 0 Å². The Hall–Kier alpha value is -1.59. The van der Waals surface area contributed by atoms with Gasteiger partial charge in [0.2, 0.25) is 11.1 Å². The Morgan fingerprint density at radius 3 is 3.05 bits per heavy atom. The lowest BCUT2D eigenvalue weighted by atomic mass is 10.0. The number of nitrogens with two attached hydrogens (primary N) is 1. The Morgan fingerprint density at radius 2 is 2.43 bits per heavy atom. The Kier molecular flexibility index (Phi) is 3.63. The average Bonchev–Trinajstić information content (AvgIpc) is 2.97. The fourth-order valence-electron chi connectivity index (χ4n) is 2.28. The number of aromatic nitrogens is 4. The van der Waals surface area contributed by atoms with Crippen molar-refractivity contribution in [2.45, 2.75) is 28.7 Å². The Morgan fingerprint density at radius 1 is 1.67 bits per heavy atom. The molecule has 2 aliphatic rings. The number of rotatable bonds is 4. The van der Waals surface area contributed by atoms with Gasteiger partial charge in [-0.25, -0.2) is 4.79 Å². The Balaban J connectivity index is 1.90. The largest absolute Gasteiger partial charge is 0.477 e. The smallest absolute Gasteiger partial charge is 0.352 e. The van der Waals surface area contributed by atoms with Crippen LogP contribution < -0.4 is 5.73 Å². The zero-order chi connectivity index (χ0) is 15.1. The van der Waals surface area contributed by atoms with Crippen molar-refractivity contribution in [3.05, 3.63) is 11.3 Å². The molecule has 21 heavy (non-hydrogen) atoms. The van der Waals surface area contributed by atoms with Crippen LogP contribution in [0.5, 0.6) is 0 Å². The number of carbonyl (C=O) groups is 2. The number of aromatic amines is 1. The number of nitrogens with one attached hydrogen (secondary N) is 1. The van der Waals surface area contributed by atoms with Gasteiger partial charge in [-0.2, -0.15) is 5.21 Å². The van der Waals surface area contributed by atoms with E-state index in [1.807, 2.05) is 6.92 Å². The van der Waals surface area contributed by atoms with Gasteiger partial charge < -0.3 is 10.8 Å². The highest BCUT2D eigenvalue weighted by atomic mass is 32.2. The molecule has 3 rings (SSSR count). The van der Waals surface area contributed by atoms with Gasteiger partial charge in [-0.3, -0.25) is 9.69 Å². The molecule has 0 unspecified atom stereocenters. The number of tetrazole rings is 1. The van der Waals surface area contributed by atoms with Crippen LogP contribution in [-0.4, -0.2) is 64.9 Å². The maximum Gasteiger partial charge on any atom is 0.352 e. The lowest BCUT2D eigenvalue weighted by molar-refractivity contribution is -0.148. The van der Waals surface area contributed by atoms with Crippen molar-refractivity contribution < 1.29 is 14.7 Å². The number of aliphatic carboxylic acids is 1. The first-order chi connectivity index (χ1) is 10.0. The molecule has 9 nitrogen and oxygen atoms in total. The van der Waals surface area contributed by atoms with Gasteiger partial charge in [-0.05, 0) is 17.7 Å². The second kappa shape index (κ2) is 5.31. The standard InChI is InChI=1S/C10H12N6O3S2/c1-3(21-10-12-14-15-13-10)4-2-20-8-5(11)7(17)16(8)6(4)9(18)19/h3,5,8H,2,11H2,1H3,(H,18,19)(H,12,13,14,15)/t3-,5+,8+/m1/s1. The maximum absolute atomic E-state index is 11.8. The lowest BCUT2D eigenvalue weighted by Gasteiger charge is -2.48. The molecular weight excluding hydrogens is 316 g/mol. The molecule has 0 bridgehead atoms. The third-order valence-corrected chi connectivity index (χ3v) is 5.69. The zero-order valence-electron chi connectivity index (χ0n) is 10.9. The van der Waals surface area contributed by atoms with Gasteiger partial charge >= 0.3 is 5.97 Å². The van der Waals surface area contributed by atoms with Crippen LogP contribution in [0.25, 0.3) is 0 Å². The van der Waals surface area contributed by atoms with Crippen molar-refractivity contribution in [1.82, 2.24) is 25.5 Å². The van der Waals surface area contributed by atoms with Gasteiger partial charge in [-0.1, -0.05) is 11.8 Å². The van der Waals surface area contributed by atoms with Crippen LogP contribution in [0, 0.1) is 0 Å². The molecule has 11 heteroatoms. The first-order valence-electron chi connectivity index (χ1n) is 6.07. The molecule has 4 N–H and O–H groups in total. The van der Waals surface area contributed by atoms with E-state index in [0.717, 1.165) is 0 Å². The molecule has 3 atom stereocenters. The summed E-state index contributed by atoms with van der Waals surface area (Å²) in [5, 5.41) is 22.9. The van der Waals surface area contributed by atoms with Crippen LogP contribution >= 0.6 is 23.5 Å². The molecule has 1 saturated heterocycles. The van der Waals surface area contributed by atoms with E-state index in [1.165, 1.54) is 28.4 Å². The molecule has 1 aromatic rings. The second-order valence-electron chi connectivity index (χ2n) is 4.57. The van der Waals surface area contributed by atoms with Crippen molar-refractivity contribution in [3.63, 3.8) is 0 Å². The molecule has 2 aliphatic heterocycles. The summed E-state index contributed by atoms with van der Waals surface area (Å²) in [6.45, 7) is 1.85. The molecule has 3 heterocycles. The minimum atomic E-state index is -1.11. The fraction of sp³-hybridized carbons (Fsp3) is 0.500. The van der Waals surface area contributed by atoms with E-state index < -0.39 is 12.0 Å². The van der Waals surface area contributed by atoms with Crippen LogP contribution in [0.3, 0.4) is 0 Å². The third kappa shape index (κ3) is 2.30. The summed E-state index contributed by atoms with van der Waals surface area (Å²) in [6, 6.07) is -0.619. The van der Waals surface area contributed by atoms with Crippen LogP contribution in [0.4, 0.5) is 0 Å². The molecule has 0 saturated carbocycles. The van der Waals surface area contributed by atoms with Crippen LogP contribution in [-0.2, 0) is 9.59 Å². The van der Waals surface area contributed by atoms with Crippen molar-refractivity contribution in [3.8, 4) is 0 Å². The number of hydrogen-bond acceptors (Lipinski definition) is 8. The molecule has 0 aromatic carbocycles. The Labute approximate surface area is 127 Å². The minimum Gasteiger partial charge on any atom is -0.477 e. The number of fused-ring (bicyclic) bond motifs is 1. The summed E-state index contributed by atoms with van der Waals surface area (Å²) < 4.78 is 0. The third-order valence-electron chi connectivity index (χ3n) is 3.34. The number of amides is 1. The Bertz CT molecular complexity index is 618. The quantitative estimate of drug-likeness (QED) is 0.482. The van der Waals surface area contributed by atoms with Crippen LogP contribution in [0.2, 0.25) is 0 Å². The monoisotopic (exact) mass is 328 g/mol. The molecule has 0 spiro atoms. The summed E-state index contributed by atoms with van der Waals surface area (Å²) in [7, 11) is 0. The van der Waals surface area contributed by atoms with Crippen molar-refractivity contribution in [1.29, 1.82) is 0 Å². The summed E-state index contributed by atoms with van der Waals surface area (Å²) in [6.07, 6.45) is 0. The number of thioether (sulfide) groups is 2. The van der Waals surface area contributed by atoms with E-state index in [0.29, 0.717) is 16.5 Å².